The number of carbonyl (C=O) groups is 2. The van der Waals surface area contributed by atoms with Gasteiger partial charge in [0, 0.05) is 18.8 Å². The fourth-order valence-electron chi connectivity index (χ4n) is 3.19. The largest absolute Gasteiger partial charge is 0.508 e. The van der Waals surface area contributed by atoms with Gasteiger partial charge in [-0.2, -0.15) is 0 Å². The van der Waals surface area contributed by atoms with Gasteiger partial charge in [-0.1, -0.05) is 24.3 Å². The number of aliphatic imine (C=N–C) groups is 1. The molecule has 31 heavy (non-hydrogen) atoms. The van der Waals surface area contributed by atoms with Gasteiger partial charge in [0.1, 0.15) is 17.5 Å². The van der Waals surface area contributed by atoms with Gasteiger partial charge in [-0.15, -0.1) is 0 Å². The minimum absolute atomic E-state index is 0.191. The van der Waals surface area contributed by atoms with Gasteiger partial charge in [0.15, 0.2) is 0 Å². The monoisotopic (exact) mass is 419 g/mol. The topological polar surface area (TPSA) is 118 Å². The molecule has 9 nitrogen and oxygen atoms in total. The average molecular weight is 419 g/mol. The zero-order valence-corrected chi connectivity index (χ0v) is 16.8. The second-order valence-electron chi connectivity index (χ2n) is 7.07. The van der Waals surface area contributed by atoms with Gasteiger partial charge in [-0.05, 0) is 35.4 Å². The number of nitrogens with zero attached hydrogens (tertiary/aromatic N) is 3. The number of phenols is 1. The molecule has 1 aliphatic rings. The molecule has 1 atom stereocenters. The Bertz CT molecular complexity index is 1120. The predicted octanol–water partition coefficient (Wildman–Crippen LogP) is 2.15. The highest BCUT2D eigenvalue weighted by atomic mass is 16.5. The van der Waals surface area contributed by atoms with Crippen LogP contribution in [0.3, 0.4) is 0 Å². The first-order valence-corrected chi connectivity index (χ1v) is 9.62. The summed E-state index contributed by atoms with van der Waals surface area (Å²) < 4.78 is 7.05. The molecule has 3 amide bonds. The molecule has 0 aliphatic carbocycles. The summed E-state index contributed by atoms with van der Waals surface area (Å²) in [6.45, 7) is 0.478. The van der Waals surface area contributed by atoms with Crippen LogP contribution in [0.5, 0.6) is 11.5 Å². The number of ether oxygens (including phenoxy) is 1. The highest BCUT2D eigenvalue weighted by molar-refractivity contribution is 6.12. The average Bonchev–Trinajstić information content (AvgIpc) is 3.29. The molecule has 1 saturated heterocycles. The fraction of sp³-hybridized carbons (Fsp3) is 0.182. The van der Waals surface area contributed by atoms with E-state index < -0.39 is 18.0 Å². The number of carbonyl (C=O) groups excluding carboxylic acids is 2. The molecule has 9 heteroatoms. The Kier molecular flexibility index (Phi) is 5.65. The Labute approximate surface area is 178 Å². The van der Waals surface area contributed by atoms with Crippen molar-refractivity contribution in [2.75, 3.05) is 7.11 Å². The summed E-state index contributed by atoms with van der Waals surface area (Å²) in [5.41, 5.74) is 2.82. The van der Waals surface area contributed by atoms with E-state index in [1.54, 1.807) is 19.2 Å². The summed E-state index contributed by atoms with van der Waals surface area (Å²) in [6, 6.07) is 13.2. The first-order chi connectivity index (χ1) is 15.0. The number of hydrogen-bond acceptors (Lipinski definition) is 6. The molecule has 0 bridgehead atoms. The second kappa shape index (κ2) is 8.70. The summed E-state index contributed by atoms with van der Waals surface area (Å²) in [5, 5.41) is 14.2. The molecule has 0 spiro atoms. The molecule has 158 valence electrons. The SMILES string of the molecule is COc1ccc(Cc2cn(Cc3ccc(O)cc3)c(/N=C/C3NC(=O)NC3=O)n2)cc1. The molecule has 0 radical (unpaired) electrons. The van der Waals surface area contributed by atoms with Gasteiger partial charge in [0.05, 0.1) is 19.3 Å². The molecule has 1 aromatic heterocycles. The number of nitrogens with one attached hydrogen (secondary N) is 2. The van der Waals surface area contributed by atoms with E-state index in [1.165, 1.54) is 6.21 Å². The number of benzene rings is 2. The summed E-state index contributed by atoms with van der Waals surface area (Å²) in [4.78, 5) is 32.0. The van der Waals surface area contributed by atoms with E-state index in [1.807, 2.05) is 47.2 Å². The van der Waals surface area contributed by atoms with E-state index >= 15 is 0 Å². The molecular weight excluding hydrogens is 398 g/mol. The smallest absolute Gasteiger partial charge is 0.322 e. The van der Waals surface area contributed by atoms with Crippen LogP contribution in [0.4, 0.5) is 10.7 Å². The van der Waals surface area contributed by atoms with Crippen molar-refractivity contribution in [3.63, 3.8) is 0 Å². The molecule has 3 N–H and O–H groups in total. The van der Waals surface area contributed by atoms with Crippen molar-refractivity contribution in [3.8, 4) is 11.5 Å². The molecule has 2 aromatic carbocycles. The Morgan fingerprint density at radius 1 is 1.13 bits per heavy atom. The zero-order chi connectivity index (χ0) is 21.8. The predicted molar refractivity (Wildman–Crippen MR) is 114 cm³/mol. The lowest BCUT2D eigenvalue weighted by molar-refractivity contribution is -0.118. The van der Waals surface area contributed by atoms with Crippen molar-refractivity contribution in [2.45, 2.75) is 19.0 Å². The van der Waals surface area contributed by atoms with Crippen molar-refractivity contribution in [1.29, 1.82) is 0 Å². The van der Waals surface area contributed by atoms with E-state index in [-0.39, 0.29) is 5.75 Å². The lowest BCUT2D eigenvalue weighted by atomic mass is 10.1. The molecule has 1 fully saturated rings. The Balaban J connectivity index is 1.59. The normalized spacial score (nSPS) is 15.8. The quantitative estimate of drug-likeness (QED) is 0.401. The number of aromatic hydroxyl groups is 1. The van der Waals surface area contributed by atoms with E-state index in [0.717, 1.165) is 22.6 Å². The number of aromatic nitrogens is 2. The van der Waals surface area contributed by atoms with Crippen LogP contribution >= 0.6 is 0 Å². The second-order valence-corrected chi connectivity index (χ2v) is 7.07. The first kappa shape index (κ1) is 20.1. The van der Waals surface area contributed by atoms with Gasteiger partial charge in [-0.3, -0.25) is 10.1 Å². The van der Waals surface area contributed by atoms with Crippen LogP contribution in [0.15, 0.2) is 59.7 Å². The maximum absolute atomic E-state index is 11.8. The van der Waals surface area contributed by atoms with Crippen LogP contribution < -0.4 is 15.4 Å². The third kappa shape index (κ3) is 4.89. The molecule has 0 saturated carbocycles. The first-order valence-electron chi connectivity index (χ1n) is 9.62. The lowest BCUT2D eigenvalue weighted by Crippen LogP contribution is -2.30. The van der Waals surface area contributed by atoms with Crippen LogP contribution in [-0.2, 0) is 17.8 Å². The van der Waals surface area contributed by atoms with Gasteiger partial charge >= 0.3 is 6.03 Å². The number of rotatable bonds is 7. The van der Waals surface area contributed by atoms with Crippen molar-refractivity contribution in [3.05, 3.63) is 71.5 Å². The van der Waals surface area contributed by atoms with Crippen LogP contribution in [0, 0.1) is 0 Å². The number of methoxy groups -OCH3 is 1. The van der Waals surface area contributed by atoms with Gasteiger partial charge in [0.2, 0.25) is 5.95 Å². The van der Waals surface area contributed by atoms with Crippen molar-refractivity contribution >= 4 is 24.1 Å². The summed E-state index contributed by atoms with van der Waals surface area (Å²) in [5.74, 6) is 0.925. The van der Waals surface area contributed by atoms with E-state index in [9.17, 15) is 14.7 Å². The van der Waals surface area contributed by atoms with Crippen LogP contribution in [0.25, 0.3) is 0 Å². The van der Waals surface area contributed by atoms with Gasteiger partial charge < -0.3 is 19.7 Å². The Morgan fingerprint density at radius 3 is 2.48 bits per heavy atom. The fourth-order valence-corrected chi connectivity index (χ4v) is 3.19. The van der Waals surface area contributed by atoms with E-state index in [4.69, 9.17) is 4.74 Å². The Hall–Kier alpha value is -4.14. The van der Waals surface area contributed by atoms with Crippen LogP contribution in [0.1, 0.15) is 16.8 Å². The summed E-state index contributed by atoms with van der Waals surface area (Å²) in [6.07, 6.45) is 3.86. The maximum Gasteiger partial charge on any atom is 0.322 e. The number of amides is 3. The Morgan fingerprint density at radius 2 is 1.84 bits per heavy atom. The van der Waals surface area contributed by atoms with E-state index in [0.29, 0.717) is 18.9 Å². The summed E-state index contributed by atoms with van der Waals surface area (Å²) in [7, 11) is 1.62. The number of phenolic OH excluding ortho intramolecular Hbond substituents is 1. The minimum atomic E-state index is -0.837. The standard InChI is InChI=1S/C22H21N5O4/c1-31-18-8-4-14(5-9-18)10-16-13-27(12-15-2-6-17(28)7-3-15)21(24-16)23-11-19-20(29)26-22(30)25-19/h2-9,11,13,19,28H,10,12H2,1H3,(H2,25,26,29,30)/b23-11+. The van der Waals surface area contributed by atoms with Gasteiger partial charge in [0.25, 0.3) is 5.91 Å². The third-order valence-electron chi connectivity index (χ3n) is 4.78. The highest BCUT2D eigenvalue weighted by Crippen LogP contribution is 2.20. The minimum Gasteiger partial charge on any atom is -0.508 e. The maximum atomic E-state index is 11.8. The number of urea groups is 1. The van der Waals surface area contributed by atoms with Gasteiger partial charge in [-0.25, -0.2) is 14.8 Å². The number of imide groups is 1. The van der Waals surface area contributed by atoms with Crippen molar-refractivity contribution in [2.24, 2.45) is 4.99 Å². The van der Waals surface area contributed by atoms with E-state index in [2.05, 4.69) is 20.6 Å². The molecular formula is C22H21N5O4. The molecule has 1 unspecified atom stereocenters. The molecule has 3 aromatic rings. The zero-order valence-electron chi connectivity index (χ0n) is 16.8. The number of hydrogen-bond donors (Lipinski definition) is 3. The molecule has 1 aliphatic heterocycles. The van der Waals surface area contributed by atoms with Crippen LogP contribution in [0.2, 0.25) is 0 Å². The lowest BCUT2D eigenvalue weighted by Gasteiger charge is -2.05. The molecule has 4 rings (SSSR count). The highest BCUT2D eigenvalue weighted by Gasteiger charge is 2.27. The third-order valence-corrected chi connectivity index (χ3v) is 4.78. The molecule has 2 heterocycles. The van der Waals surface area contributed by atoms with Crippen molar-refractivity contribution in [1.82, 2.24) is 20.2 Å². The summed E-state index contributed by atoms with van der Waals surface area (Å²) >= 11 is 0. The van der Waals surface area contributed by atoms with Crippen LogP contribution in [-0.4, -0.2) is 46.0 Å². The number of imidazole rings is 1. The van der Waals surface area contributed by atoms with Crippen molar-refractivity contribution < 1.29 is 19.4 Å².